The fraction of sp³-hybridized carbons (Fsp3) is 0.625. The molecule has 4 atom stereocenters. The van der Waals surface area contributed by atoms with Crippen molar-refractivity contribution in [2.45, 2.75) is 38.7 Å². The Kier molecular flexibility index (Phi) is 2.23. The molecule has 1 aliphatic heterocycles. The molecule has 3 fully saturated rings. The summed E-state index contributed by atoms with van der Waals surface area (Å²) in [4.78, 5) is 16.9. The normalized spacial score (nSPS) is 44.8. The Morgan fingerprint density at radius 1 is 1.50 bits per heavy atom. The number of pyridine rings is 1. The molecule has 0 aromatic carbocycles. The van der Waals surface area contributed by atoms with Gasteiger partial charge in [-0.15, -0.1) is 0 Å². The van der Waals surface area contributed by atoms with Crippen molar-refractivity contribution in [1.29, 1.82) is 0 Å². The third-order valence-electron chi connectivity index (χ3n) is 6.48. The molecule has 3 aliphatic rings. The largest absolute Gasteiger partial charge is 0.364 e. The van der Waals surface area contributed by atoms with Crippen LogP contribution < -0.4 is 5.32 Å². The van der Waals surface area contributed by atoms with E-state index in [4.69, 9.17) is 4.74 Å². The lowest BCUT2D eigenvalue weighted by Crippen LogP contribution is -2.52. The third-order valence-corrected chi connectivity index (χ3v) is 6.48. The van der Waals surface area contributed by atoms with Gasteiger partial charge in [0.2, 0.25) is 0 Å². The van der Waals surface area contributed by atoms with E-state index in [-0.39, 0.29) is 16.7 Å². The van der Waals surface area contributed by atoms with Crippen LogP contribution in [0.4, 0.5) is 5.69 Å². The molecule has 1 N–H and O–H groups in total. The second-order valence-corrected chi connectivity index (χ2v) is 7.00. The average molecular weight is 272 g/mol. The molecule has 1 aromatic heterocycles. The maximum Gasteiger partial charge on any atom is 0.257 e. The van der Waals surface area contributed by atoms with Crippen molar-refractivity contribution in [2.24, 2.45) is 16.7 Å². The lowest BCUT2D eigenvalue weighted by molar-refractivity contribution is -0.149. The highest BCUT2D eigenvalue weighted by atomic mass is 16.5. The number of anilines is 1. The molecule has 1 saturated heterocycles. The van der Waals surface area contributed by atoms with E-state index in [2.05, 4.69) is 24.1 Å². The van der Waals surface area contributed by atoms with Crippen LogP contribution in [0.25, 0.3) is 0 Å². The molecule has 2 aliphatic carbocycles. The summed E-state index contributed by atoms with van der Waals surface area (Å²) in [5.74, 6) is 0.639. The average Bonchev–Trinajstić information content (AvgIpc) is 2.92. The molecule has 4 heteroatoms. The quantitative estimate of drug-likeness (QED) is 0.900. The summed E-state index contributed by atoms with van der Waals surface area (Å²) < 4.78 is 6.08. The van der Waals surface area contributed by atoms with Gasteiger partial charge in [0.1, 0.15) is 0 Å². The highest BCUT2D eigenvalue weighted by Gasteiger charge is 2.78. The van der Waals surface area contributed by atoms with E-state index in [0.717, 1.165) is 18.5 Å². The van der Waals surface area contributed by atoms with Crippen LogP contribution in [-0.4, -0.2) is 23.1 Å². The standard InChI is InChI=1S/C16H20N2O2/c1-14-10-20-16(8-11(14)5-6-15(14,16)2)13(19)18-12-4-3-7-17-9-12/h3-4,7,9,11H,5-6,8,10H2,1-2H3,(H,18,19)/t11-,14-,15-,16-/m0/s1. The molecule has 0 radical (unpaired) electrons. The summed E-state index contributed by atoms with van der Waals surface area (Å²) >= 11 is 0. The molecule has 4 nitrogen and oxygen atoms in total. The maximum absolute atomic E-state index is 12.9. The van der Waals surface area contributed by atoms with Crippen molar-refractivity contribution in [2.75, 3.05) is 11.9 Å². The number of carbonyl (C=O) groups is 1. The van der Waals surface area contributed by atoms with Crippen molar-refractivity contribution in [3.63, 3.8) is 0 Å². The first-order valence-corrected chi connectivity index (χ1v) is 7.37. The molecule has 2 saturated carbocycles. The molecule has 106 valence electrons. The molecule has 1 amide bonds. The first-order valence-electron chi connectivity index (χ1n) is 7.37. The fourth-order valence-electron chi connectivity index (χ4n) is 4.93. The minimum atomic E-state index is -0.638. The minimum Gasteiger partial charge on any atom is -0.364 e. The van der Waals surface area contributed by atoms with Crippen molar-refractivity contribution in [3.05, 3.63) is 24.5 Å². The van der Waals surface area contributed by atoms with Crippen LogP contribution in [0.2, 0.25) is 0 Å². The lowest BCUT2D eigenvalue weighted by Gasteiger charge is -2.39. The first-order chi connectivity index (χ1) is 9.52. The molecule has 2 heterocycles. The topological polar surface area (TPSA) is 51.2 Å². The molecule has 4 bridgehead atoms. The van der Waals surface area contributed by atoms with Gasteiger partial charge < -0.3 is 10.1 Å². The molecular weight excluding hydrogens is 252 g/mol. The van der Waals surface area contributed by atoms with Gasteiger partial charge in [0.25, 0.3) is 5.91 Å². The molecule has 1 aromatic rings. The number of carbonyl (C=O) groups excluding carboxylic acids is 1. The predicted molar refractivity (Wildman–Crippen MR) is 75.1 cm³/mol. The molecule has 4 rings (SSSR count). The van der Waals surface area contributed by atoms with Crippen molar-refractivity contribution in [1.82, 2.24) is 4.98 Å². The summed E-state index contributed by atoms with van der Waals surface area (Å²) in [5.41, 5.74) is 0.243. The van der Waals surface area contributed by atoms with E-state index in [1.807, 2.05) is 12.1 Å². The van der Waals surface area contributed by atoms with Gasteiger partial charge in [-0.2, -0.15) is 0 Å². The van der Waals surface area contributed by atoms with Crippen LogP contribution in [0.5, 0.6) is 0 Å². The van der Waals surface area contributed by atoms with E-state index in [0.29, 0.717) is 12.5 Å². The van der Waals surface area contributed by atoms with Crippen LogP contribution >= 0.6 is 0 Å². The van der Waals surface area contributed by atoms with Crippen LogP contribution in [0.3, 0.4) is 0 Å². The van der Waals surface area contributed by atoms with Gasteiger partial charge in [0.05, 0.1) is 18.5 Å². The van der Waals surface area contributed by atoms with Crippen molar-refractivity contribution < 1.29 is 9.53 Å². The second kappa shape index (κ2) is 3.61. The van der Waals surface area contributed by atoms with Gasteiger partial charge in [-0.1, -0.05) is 13.8 Å². The number of rotatable bonds is 2. The Balaban J connectivity index is 1.68. The van der Waals surface area contributed by atoms with E-state index < -0.39 is 5.60 Å². The van der Waals surface area contributed by atoms with Gasteiger partial charge in [-0.05, 0) is 37.3 Å². The fourth-order valence-corrected chi connectivity index (χ4v) is 4.93. The number of hydrogen-bond acceptors (Lipinski definition) is 3. The van der Waals surface area contributed by atoms with Gasteiger partial charge in [0.15, 0.2) is 5.60 Å². The SMILES string of the molecule is C[C@@]12CC[C@H]3C[C@@]1(C(=O)Nc1cccnc1)OC[C@@]32C. The number of aromatic nitrogens is 1. The van der Waals surface area contributed by atoms with Crippen LogP contribution in [0, 0.1) is 16.7 Å². The van der Waals surface area contributed by atoms with E-state index in [9.17, 15) is 4.79 Å². The lowest BCUT2D eigenvalue weighted by atomic mass is 9.66. The van der Waals surface area contributed by atoms with E-state index in [1.165, 1.54) is 6.42 Å². The first kappa shape index (κ1) is 12.3. The summed E-state index contributed by atoms with van der Waals surface area (Å²) in [5, 5.41) is 3.00. The van der Waals surface area contributed by atoms with Gasteiger partial charge in [-0.25, -0.2) is 0 Å². The second-order valence-electron chi connectivity index (χ2n) is 7.00. The Labute approximate surface area is 118 Å². The predicted octanol–water partition coefficient (Wildman–Crippen LogP) is 2.62. The Morgan fingerprint density at radius 2 is 2.35 bits per heavy atom. The number of amides is 1. The molecule has 0 spiro atoms. The Hall–Kier alpha value is -1.42. The molecule has 20 heavy (non-hydrogen) atoms. The Bertz CT molecular complexity index is 575. The number of nitrogens with zero attached hydrogens (tertiary/aromatic N) is 1. The van der Waals surface area contributed by atoms with Gasteiger partial charge >= 0.3 is 0 Å². The van der Waals surface area contributed by atoms with Crippen LogP contribution in [-0.2, 0) is 9.53 Å². The van der Waals surface area contributed by atoms with Crippen molar-refractivity contribution >= 4 is 11.6 Å². The van der Waals surface area contributed by atoms with Crippen LogP contribution in [0.1, 0.15) is 33.1 Å². The summed E-state index contributed by atoms with van der Waals surface area (Å²) in [6.45, 7) is 5.27. The van der Waals surface area contributed by atoms with Crippen molar-refractivity contribution in [3.8, 4) is 0 Å². The van der Waals surface area contributed by atoms with Gasteiger partial charge in [0, 0.05) is 17.0 Å². The zero-order valence-electron chi connectivity index (χ0n) is 12.0. The minimum absolute atomic E-state index is 0.0129. The van der Waals surface area contributed by atoms with Crippen LogP contribution in [0.15, 0.2) is 24.5 Å². The smallest absolute Gasteiger partial charge is 0.257 e. The monoisotopic (exact) mass is 272 g/mol. The molecular formula is C16H20N2O2. The highest BCUT2D eigenvalue weighted by Crippen LogP contribution is 2.75. The summed E-state index contributed by atoms with van der Waals surface area (Å²) in [6, 6.07) is 3.70. The summed E-state index contributed by atoms with van der Waals surface area (Å²) in [6.07, 6.45) is 6.58. The number of hydrogen-bond donors (Lipinski definition) is 1. The van der Waals surface area contributed by atoms with Gasteiger partial charge in [-0.3, -0.25) is 9.78 Å². The van der Waals surface area contributed by atoms with E-state index >= 15 is 0 Å². The summed E-state index contributed by atoms with van der Waals surface area (Å²) in [7, 11) is 0. The zero-order valence-corrected chi connectivity index (χ0v) is 12.0. The third kappa shape index (κ3) is 1.17. The zero-order chi connectivity index (χ0) is 14.0. The van der Waals surface area contributed by atoms with E-state index in [1.54, 1.807) is 12.4 Å². The molecule has 0 unspecified atom stereocenters. The Morgan fingerprint density at radius 3 is 3.00 bits per heavy atom. The highest BCUT2D eigenvalue weighted by molar-refractivity contribution is 5.99. The number of nitrogens with one attached hydrogen (secondary N) is 1. The maximum atomic E-state index is 12.9. The number of ether oxygens (including phenoxy) is 1.